The monoisotopic (exact) mass is 187 g/mol. The van der Waals surface area contributed by atoms with E-state index in [1.54, 1.807) is 6.20 Å². The standard InChI is InChI=1S/C11H13N3/c1-8-2-3-9(7-13-8)11(6-12)14-10-4-5-10/h2-3,7,10-11,14H,4-5H2,1H3. The molecule has 0 spiro atoms. The number of aromatic nitrogens is 1. The van der Waals surface area contributed by atoms with Gasteiger partial charge in [0, 0.05) is 23.5 Å². The second kappa shape index (κ2) is 3.77. The number of hydrogen-bond donors (Lipinski definition) is 1. The molecule has 1 fully saturated rings. The second-order valence-electron chi connectivity index (χ2n) is 3.74. The molecular formula is C11H13N3. The minimum atomic E-state index is -0.199. The molecule has 0 saturated heterocycles. The predicted molar refractivity (Wildman–Crippen MR) is 53.5 cm³/mol. The van der Waals surface area contributed by atoms with E-state index in [1.807, 2.05) is 19.1 Å². The summed E-state index contributed by atoms with van der Waals surface area (Å²) in [5.41, 5.74) is 1.95. The quantitative estimate of drug-likeness (QED) is 0.783. The lowest BCUT2D eigenvalue weighted by atomic mass is 10.1. The van der Waals surface area contributed by atoms with Crippen molar-refractivity contribution in [3.63, 3.8) is 0 Å². The first-order valence-electron chi connectivity index (χ1n) is 4.88. The molecule has 0 radical (unpaired) electrons. The van der Waals surface area contributed by atoms with Gasteiger partial charge >= 0.3 is 0 Å². The van der Waals surface area contributed by atoms with Gasteiger partial charge in [-0.3, -0.25) is 10.3 Å². The first-order valence-corrected chi connectivity index (χ1v) is 4.88. The summed E-state index contributed by atoms with van der Waals surface area (Å²) in [6, 6.07) is 6.50. The van der Waals surface area contributed by atoms with E-state index in [-0.39, 0.29) is 6.04 Å². The highest BCUT2D eigenvalue weighted by molar-refractivity contribution is 5.22. The maximum absolute atomic E-state index is 8.99. The molecule has 1 unspecified atom stereocenters. The summed E-state index contributed by atoms with van der Waals surface area (Å²) in [6.45, 7) is 1.94. The van der Waals surface area contributed by atoms with E-state index < -0.39 is 0 Å². The fourth-order valence-corrected chi connectivity index (χ4v) is 1.34. The van der Waals surface area contributed by atoms with Crippen molar-refractivity contribution in [3.8, 4) is 6.07 Å². The molecule has 1 aromatic heterocycles. The van der Waals surface area contributed by atoms with Crippen molar-refractivity contribution in [1.82, 2.24) is 10.3 Å². The zero-order valence-electron chi connectivity index (χ0n) is 8.20. The number of pyridine rings is 1. The van der Waals surface area contributed by atoms with Crippen LogP contribution in [0.15, 0.2) is 18.3 Å². The SMILES string of the molecule is Cc1ccc(C(C#N)NC2CC2)cn1. The summed E-state index contributed by atoms with van der Waals surface area (Å²) < 4.78 is 0. The Hall–Kier alpha value is -1.40. The van der Waals surface area contributed by atoms with E-state index in [1.165, 1.54) is 12.8 Å². The van der Waals surface area contributed by atoms with Gasteiger partial charge in [-0.25, -0.2) is 0 Å². The van der Waals surface area contributed by atoms with E-state index in [4.69, 9.17) is 5.26 Å². The molecule has 72 valence electrons. The Morgan fingerprint density at radius 1 is 1.57 bits per heavy atom. The normalized spacial score (nSPS) is 17.4. The minimum absolute atomic E-state index is 0.199. The third kappa shape index (κ3) is 2.09. The van der Waals surface area contributed by atoms with E-state index in [0.29, 0.717) is 6.04 Å². The Kier molecular flexibility index (Phi) is 2.47. The lowest BCUT2D eigenvalue weighted by molar-refractivity contribution is 0.624. The number of hydrogen-bond acceptors (Lipinski definition) is 3. The van der Waals surface area contributed by atoms with Crippen molar-refractivity contribution in [2.24, 2.45) is 0 Å². The maximum atomic E-state index is 8.99. The van der Waals surface area contributed by atoms with Crippen LogP contribution in [0, 0.1) is 18.3 Å². The van der Waals surface area contributed by atoms with Crippen molar-refractivity contribution in [3.05, 3.63) is 29.6 Å². The molecule has 1 saturated carbocycles. The molecule has 3 heteroatoms. The van der Waals surface area contributed by atoms with Crippen molar-refractivity contribution in [2.75, 3.05) is 0 Å². The summed E-state index contributed by atoms with van der Waals surface area (Å²) >= 11 is 0. The number of nitriles is 1. The summed E-state index contributed by atoms with van der Waals surface area (Å²) in [5, 5.41) is 12.3. The van der Waals surface area contributed by atoms with Crippen molar-refractivity contribution < 1.29 is 0 Å². The van der Waals surface area contributed by atoms with Crippen LogP contribution >= 0.6 is 0 Å². The molecule has 0 bridgehead atoms. The average Bonchev–Trinajstić information content (AvgIpc) is 3.00. The molecule has 1 aliphatic rings. The van der Waals surface area contributed by atoms with Gasteiger partial charge in [0.05, 0.1) is 6.07 Å². The zero-order chi connectivity index (χ0) is 9.97. The van der Waals surface area contributed by atoms with Crippen LogP contribution in [-0.4, -0.2) is 11.0 Å². The van der Waals surface area contributed by atoms with Crippen LogP contribution < -0.4 is 5.32 Å². The van der Waals surface area contributed by atoms with E-state index in [2.05, 4.69) is 16.4 Å². The van der Waals surface area contributed by atoms with Crippen molar-refractivity contribution >= 4 is 0 Å². The molecule has 1 aromatic rings. The van der Waals surface area contributed by atoms with Crippen LogP contribution in [0.2, 0.25) is 0 Å². The molecule has 1 heterocycles. The highest BCUT2D eigenvalue weighted by Gasteiger charge is 2.25. The fourth-order valence-electron chi connectivity index (χ4n) is 1.34. The molecule has 0 amide bonds. The first-order chi connectivity index (χ1) is 6.79. The van der Waals surface area contributed by atoms with Gasteiger partial charge in [0.1, 0.15) is 6.04 Å². The van der Waals surface area contributed by atoms with Gasteiger partial charge in [0.2, 0.25) is 0 Å². The third-order valence-corrected chi connectivity index (χ3v) is 2.38. The Bertz CT molecular complexity index is 346. The minimum Gasteiger partial charge on any atom is -0.295 e. The van der Waals surface area contributed by atoms with Gasteiger partial charge in [0.25, 0.3) is 0 Å². The van der Waals surface area contributed by atoms with Gasteiger partial charge in [-0.2, -0.15) is 5.26 Å². The molecular weight excluding hydrogens is 174 g/mol. The number of nitrogens with one attached hydrogen (secondary N) is 1. The van der Waals surface area contributed by atoms with E-state index in [0.717, 1.165) is 11.3 Å². The Morgan fingerprint density at radius 3 is 2.86 bits per heavy atom. The summed E-state index contributed by atoms with van der Waals surface area (Å²) in [6.07, 6.45) is 4.16. The first kappa shape index (κ1) is 9.17. The molecule has 1 atom stereocenters. The smallest absolute Gasteiger partial charge is 0.123 e. The Labute approximate surface area is 83.8 Å². The largest absolute Gasteiger partial charge is 0.295 e. The highest BCUT2D eigenvalue weighted by Crippen LogP contribution is 2.23. The van der Waals surface area contributed by atoms with Gasteiger partial charge in [-0.1, -0.05) is 6.07 Å². The van der Waals surface area contributed by atoms with Gasteiger partial charge < -0.3 is 0 Å². The summed E-state index contributed by atoms with van der Waals surface area (Å²) in [7, 11) is 0. The van der Waals surface area contributed by atoms with Crippen molar-refractivity contribution in [2.45, 2.75) is 31.8 Å². The molecule has 2 rings (SSSR count). The van der Waals surface area contributed by atoms with Gasteiger partial charge in [-0.15, -0.1) is 0 Å². The maximum Gasteiger partial charge on any atom is 0.123 e. The van der Waals surface area contributed by atoms with Gasteiger partial charge in [-0.05, 0) is 25.8 Å². The molecule has 0 aliphatic heterocycles. The second-order valence-corrected chi connectivity index (χ2v) is 3.74. The Morgan fingerprint density at radius 2 is 2.36 bits per heavy atom. The zero-order valence-corrected chi connectivity index (χ0v) is 8.20. The Balaban J connectivity index is 2.10. The van der Waals surface area contributed by atoms with Crippen LogP contribution in [0.5, 0.6) is 0 Å². The van der Waals surface area contributed by atoms with Crippen LogP contribution in [0.1, 0.15) is 30.1 Å². The number of aryl methyl sites for hydroxylation is 1. The van der Waals surface area contributed by atoms with Crippen LogP contribution in [0.4, 0.5) is 0 Å². The molecule has 14 heavy (non-hydrogen) atoms. The van der Waals surface area contributed by atoms with Gasteiger partial charge in [0.15, 0.2) is 0 Å². The number of rotatable bonds is 3. The van der Waals surface area contributed by atoms with Crippen LogP contribution in [-0.2, 0) is 0 Å². The fraction of sp³-hybridized carbons (Fsp3) is 0.455. The lowest BCUT2D eigenvalue weighted by Gasteiger charge is -2.10. The topological polar surface area (TPSA) is 48.7 Å². The average molecular weight is 187 g/mol. The molecule has 0 aromatic carbocycles. The number of nitrogens with zero attached hydrogens (tertiary/aromatic N) is 2. The molecule has 1 aliphatic carbocycles. The van der Waals surface area contributed by atoms with Crippen LogP contribution in [0.3, 0.4) is 0 Å². The van der Waals surface area contributed by atoms with Crippen molar-refractivity contribution in [1.29, 1.82) is 5.26 Å². The molecule has 3 nitrogen and oxygen atoms in total. The van der Waals surface area contributed by atoms with E-state index >= 15 is 0 Å². The van der Waals surface area contributed by atoms with E-state index in [9.17, 15) is 0 Å². The third-order valence-electron chi connectivity index (χ3n) is 2.38. The summed E-state index contributed by atoms with van der Waals surface area (Å²) in [4.78, 5) is 4.18. The summed E-state index contributed by atoms with van der Waals surface area (Å²) in [5.74, 6) is 0. The highest BCUT2D eigenvalue weighted by atomic mass is 15.0. The van der Waals surface area contributed by atoms with Crippen LogP contribution in [0.25, 0.3) is 0 Å². The lowest BCUT2D eigenvalue weighted by Crippen LogP contribution is -2.22. The predicted octanol–water partition coefficient (Wildman–Crippen LogP) is 1.71. The molecule has 1 N–H and O–H groups in total.